The lowest BCUT2D eigenvalue weighted by molar-refractivity contribution is 0.217. The van der Waals surface area contributed by atoms with E-state index in [2.05, 4.69) is 58.2 Å². The fourth-order valence-electron chi connectivity index (χ4n) is 5.17. The molecule has 0 spiro atoms. The molecule has 0 unspecified atom stereocenters. The minimum Gasteiger partial charge on any atom is -0.497 e. The van der Waals surface area contributed by atoms with Crippen LogP contribution in [0.3, 0.4) is 0 Å². The van der Waals surface area contributed by atoms with Crippen molar-refractivity contribution in [2.75, 3.05) is 45.2 Å². The Kier molecular flexibility index (Phi) is 6.26. The van der Waals surface area contributed by atoms with Gasteiger partial charge < -0.3 is 14.5 Å². The Morgan fingerprint density at radius 1 is 0.969 bits per heavy atom. The molecule has 168 valence electrons. The van der Waals surface area contributed by atoms with Crippen molar-refractivity contribution in [3.63, 3.8) is 0 Å². The van der Waals surface area contributed by atoms with Crippen LogP contribution >= 0.6 is 0 Å². The lowest BCUT2D eigenvalue weighted by Gasteiger charge is -2.30. The van der Waals surface area contributed by atoms with Crippen LogP contribution in [0.2, 0.25) is 0 Å². The molecule has 2 aliphatic rings. The summed E-state index contributed by atoms with van der Waals surface area (Å²) in [6, 6.07) is 13.1. The van der Waals surface area contributed by atoms with E-state index in [1.165, 1.54) is 67.2 Å². The number of likely N-dealkylation sites (tertiary alicyclic amines) is 1. The van der Waals surface area contributed by atoms with E-state index in [0.29, 0.717) is 5.92 Å². The quantitative estimate of drug-likeness (QED) is 0.558. The molecule has 0 atom stereocenters. The summed E-state index contributed by atoms with van der Waals surface area (Å²) in [5.74, 6) is 2.58. The molecule has 0 amide bonds. The number of ether oxygens (including phenoxy) is 1. The molecule has 0 saturated carbocycles. The van der Waals surface area contributed by atoms with Crippen molar-refractivity contribution < 1.29 is 4.74 Å². The van der Waals surface area contributed by atoms with Gasteiger partial charge in [-0.25, -0.2) is 9.97 Å². The predicted octanol–water partition coefficient (Wildman–Crippen LogP) is 5.18. The van der Waals surface area contributed by atoms with Gasteiger partial charge in [0.05, 0.1) is 12.8 Å². The normalized spacial score (nSPS) is 18.2. The highest BCUT2D eigenvalue weighted by Crippen LogP contribution is 2.36. The topological polar surface area (TPSA) is 41.5 Å². The third-order valence-corrected chi connectivity index (χ3v) is 7.15. The van der Waals surface area contributed by atoms with E-state index in [4.69, 9.17) is 9.72 Å². The summed E-state index contributed by atoms with van der Waals surface area (Å²) in [6.45, 7) is 4.58. The molecule has 5 rings (SSSR count). The second-order valence-corrected chi connectivity index (χ2v) is 9.44. The average Bonchev–Trinajstić information content (AvgIpc) is 2.85. The van der Waals surface area contributed by atoms with Crippen molar-refractivity contribution in [2.24, 2.45) is 5.92 Å². The first-order valence-corrected chi connectivity index (χ1v) is 12.1. The molecule has 0 radical (unpaired) electrons. The minimum absolute atomic E-state index is 0.689. The number of aromatic nitrogens is 2. The van der Waals surface area contributed by atoms with Gasteiger partial charge in [0.1, 0.15) is 11.6 Å². The Hall–Kier alpha value is -2.66. The first kappa shape index (κ1) is 21.2. The molecule has 3 heterocycles. The van der Waals surface area contributed by atoms with E-state index < -0.39 is 0 Å². The van der Waals surface area contributed by atoms with E-state index in [1.807, 2.05) is 6.20 Å². The summed E-state index contributed by atoms with van der Waals surface area (Å²) in [5.41, 5.74) is 3.50. The number of hydrogen-bond donors (Lipinski definition) is 0. The van der Waals surface area contributed by atoms with Gasteiger partial charge in [0.2, 0.25) is 0 Å². The molecule has 2 aromatic carbocycles. The van der Waals surface area contributed by atoms with Crippen LogP contribution in [0.4, 0.5) is 5.69 Å². The van der Waals surface area contributed by atoms with Crippen molar-refractivity contribution in [3.8, 4) is 17.0 Å². The van der Waals surface area contributed by atoms with Crippen LogP contribution in [0.5, 0.6) is 5.75 Å². The average molecular weight is 431 g/mol. The van der Waals surface area contributed by atoms with Crippen LogP contribution < -0.4 is 9.64 Å². The first-order valence-electron chi connectivity index (χ1n) is 12.1. The lowest BCUT2D eigenvalue weighted by Crippen LogP contribution is -2.31. The number of anilines is 1. The molecule has 5 nitrogen and oxygen atoms in total. The Morgan fingerprint density at radius 2 is 1.78 bits per heavy atom. The molecule has 0 N–H and O–H groups in total. The van der Waals surface area contributed by atoms with Crippen molar-refractivity contribution >= 4 is 16.5 Å². The van der Waals surface area contributed by atoms with Gasteiger partial charge in [-0.05, 0) is 93.9 Å². The van der Waals surface area contributed by atoms with Crippen molar-refractivity contribution in [3.05, 3.63) is 48.4 Å². The molecule has 0 aliphatic carbocycles. The predicted molar refractivity (Wildman–Crippen MR) is 132 cm³/mol. The summed E-state index contributed by atoms with van der Waals surface area (Å²) in [5, 5.41) is 2.50. The zero-order chi connectivity index (χ0) is 21.9. The Labute approximate surface area is 191 Å². The van der Waals surface area contributed by atoms with Crippen LogP contribution in [0.25, 0.3) is 22.0 Å². The molecule has 32 heavy (non-hydrogen) atoms. The standard InChI is InChI=1S/C27H34N4O/c1-30-14-9-20(10-15-30)16-27-28-11-8-25(29-27)22-17-21-6-7-23(32-2)19-24(21)26(18-22)31-12-4-3-5-13-31/h6-8,11,17-20H,3-5,9-10,12-16H2,1-2H3. The molecule has 1 aromatic heterocycles. The van der Waals surface area contributed by atoms with Crippen LogP contribution in [0.1, 0.15) is 37.9 Å². The van der Waals surface area contributed by atoms with Crippen molar-refractivity contribution in [1.29, 1.82) is 0 Å². The molecular weight excluding hydrogens is 396 g/mol. The maximum Gasteiger partial charge on any atom is 0.129 e. The maximum absolute atomic E-state index is 5.53. The molecular formula is C27H34N4O. The second-order valence-electron chi connectivity index (χ2n) is 9.44. The van der Waals surface area contributed by atoms with Gasteiger partial charge in [0.15, 0.2) is 0 Å². The Morgan fingerprint density at radius 3 is 2.56 bits per heavy atom. The monoisotopic (exact) mass is 430 g/mol. The number of hydrogen-bond acceptors (Lipinski definition) is 5. The Bertz CT molecular complexity index is 1070. The number of fused-ring (bicyclic) bond motifs is 1. The van der Waals surface area contributed by atoms with Crippen molar-refractivity contribution in [2.45, 2.75) is 38.5 Å². The van der Waals surface area contributed by atoms with E-state index in [0.717, 1.165) is 36.8 Å². The molecule has 5 heteroatoms. The van der Waals surface area contributed by atoms with Gasteiger partial charge in [0, 0.05) is 42.3 Å². The zero-order valence-electron chi connectivity index (χ0n) is 19.4. The summed E-state index contributed by atoms with van der Waals surface area (Å²) < 4.78 is 5.53. The SMILES string of the molecule is COc1ccc2cc(-c3ccnc(CC4CCN(C)CC4)n3)cc(N3CCCCC3)c2c1. The minimum atomic E-state index is 0.689. The summed E-state index contributed by atoms with van der Waals surface area (Å²) in [7, 11) is 3.95. The fourth-order valence-corrected chi connectivity index (χ4v) is 5.17. The van der Waals surface area contributed by atoms with Gasteiger partial charge in [-0.2, -0.15) is 0 Å². The van der Waals surface area contributed by atoms with E-state index >= 15 is 0 Å². The molecule has 2 saturated heterocycles. The van der Waals surface area contributed by atoms with E-state index in [1.54, 1.807) is 7.11 Å². The second kappa shape index (κ2) is 9.45. The maximum atomic E-state index is 5.53. The first-order chi connectivity index (χ1) is 15.7. The lowest BCUT2D eigenvalue weighted by atomic mass is 9.93. The molecule has 3 aromatic rings. The highest BCUT2D eigenvalue weighted by molar-refractivity contribution is 5.98. The number of rotatable bonds is 5. The Balaban J connectivity index is 1.49. The zero-order valence-corrected chi connectivity index (χ0v) is 19.4. The van der Waals surface area contributed by atoms with Gasteiger partial charge >= 0.3 is 0 Å². The van der Waals surface area contributed by atoms with Gasteiger partial charge in [-0.1, -0.05) is 6.07 Å². The van der Waals surface area contributed by atoms with Crippen LogP contribution in [0, 0.1) is 5.92 Å². The summed E-state index contributed by atoms with van der Waals surface area (Å²) in [4.78, 5) is 14.6. The van der Waals surface area contributed by atoms with Crippen LogP contribution in [0.15, 0.2) is 42.6 Å². The van der Waals surface area contributed by atoms with Gasteiger partial charge in [0.25, 0.3) is 0 Å². The number of benzene rings is 2. The molecule has 2 fully saturated rings. The highest BCUT2D eigenvalue weighted by atomic mass is 16.5. The van der Waals surface area contributed by atoms with Gasteiger partial charge in [-0.3, -0.25) is 0 Å². The van der Waals surface area contributed by atoms with Crippen molar-refractivity contribution in [1.82, 2.24) is 14.9 Å². The highest BCUT2D eigenvalue weighted by Gasteiger charge is 2.19. The summed E-state index contributed by atoms with van der Waals surface area (Å²) in [6.07, 6.45) is 9.22. The number of piperidine rings is 2. The fraction of sp³-hybridized carbons (Fsp3) is 0.481. The molecule has 2 aliphatic heterocycles. The van der Waals surface area contributed by atoms with Crippen LogP contribution in [-0.4, -0.2) is 55.2 Å². The number of nitrogens with zero attached hydrogens (tertiary/aromatic N) is 4. The summed E-state index contributed by atoms with van der Waals surface area (Å²) >= 11 is 0. The van der Waals surface area contributed by atoms with E-state index in [-0.39, 0.29) is 0 Å². The van der Waals surface area contributed by atoms with Crippen LogP contribution in [-0.2, 0) is 6.42 Å². The molecule has 0 bridgehead atoms. The third kappa shape index (κ3) is 4.58. The van der Waals surface area contributed by atoms with E-state index in [9.17, 15) is 0 Å². The number of methoxy groups -OCH3 is 1. The smallest absolute Gasteiger partial charge is 0.129 e. The largest absolute Gasteiger partial charge is 0.497 e. The third-order valence-electron chi connectivity index (χ3n) is 7.15. The van der Waals surface area contributed by atoms with Gasteiger partial charge in [-0.15, -0.1) is 0 Å².